The molecule has 0 atom stereocenters. The van der Waals surface area contributed by atoms with E-state index in [1.54, 1.807) is 0 Å². The summed E-state index contributed by atoms with van der Waals surface area (Å²) in [6, 6.07) is 55.3. The van der Waals surface area contributed by atoms with Crippen LogP contribution in [0, 0.1) is 0 Å². The maximum Gasteiger partial charge on any atom is 0.143 e. The second kappa shape index (κ2) is 14.5. The largest absolute Gasteiger partial charge is 0.455 e. The van der Waals surface area contributed by atoms with Gasteiger partial charge in [-0.25, -0.2) is 0 Å². The minimum Gasteiger partial charge on any atom is -0.455 e. The first-order valence-electron chi connectivity index (χ1n) is 19.0. The molecule has 0 saturated carbocycles. The lowest BCUT2D eigenvalue weighted by Gasteiger charge is -2.13. The number of furan rings is 1. The highest BCUT2D eigenvalue weighted by atomic mass is 16.3. The second-order valence-electron chi connectivity index (χ2n) is 14.1. The summed E-state index contributed by atoms with van der Waals surface area (Å²) in [5.74, 6) is 0. The van der Waals surface area contributed by atoms with Crippen molar-refractivity contribution in [1.29, 1.82) is 0 Å². The van der Waals surface area contributed by atoms with Gasteiger partial charge in [-0.1, -0.05) is 158 Å². The molecule has 9 rings (SSSR count). The molecule has 3 nitrogen and oxygen atoms in total. The molecule has 3 heteroatoms. The van der Waals surface area contributed by atoms with Crippen molar-refractivity contribution in [3.63, 3.8) is 0 Å². The predicted molar refractivity (Wildman–Crippen MR) is 241 cm³/mol. The van der Waals surface area contributed by atoms with Gasteiger partial charge in [0.15, 0.2) is 0 Å². The van der Waals surface area contributed by atoms with E-state index in [1.165, 1.54) is 0 Å². The number of allylic oxidation sites excluding steroid dienone is 5. The van der Waals surface area contributed by atoms with Crippen LogP contribution in [0.1, 0.15) is 25.0 Å². The van der Waals surface area contributed by atoms with Crippen molar-refractivity contribution in [2.45, 2.75) is 13.8 Å². The van der Waals surface area contributed by atoms with Gasteiger partial charge in [0.05, 0.1) is 11.4 Å². The number of aliphatic imine (C=N–C) groups is 1. The summed E-state index contributed by atoms with van der Waals surface area (Å²) in [6.07, 6.45) is 8.10. The SMILES string of the molecule is C=C/C=C(\C=C/C)c1cc(-c2ccccc2)c2oc3c(-c4cccc(C(C)=Nc5c(N)c6ccccc6c6ccccc56)c4)cc(-c4ccccc4)cc3c2c1. The highest BCUT2D eigenvalue weighted by molar-refractivity contribution is 6.20. The summed E-state index contributed by atoms with van der Waals surface area (Å²) in [6.45, 7) is 8.11. The molecule has 0 aliphatic carbocycles. The third-order valence-corrected chi connectivity index (χ3v) is 10.7. The zero-order chi connectivity index (χ0) is 38.2. The molecule has 8 aromatic carbocycles. The Morgan fingerprint density at radius 2 is 1.14 bits per heavy atom. The van der Waals surface area contributed by atoms with Crippen LogP contribution < -0.4 is 5.73 Å². The lowest BCUT2D eigenvalue weighted by atomic mass is 9.92. The van der Waals surface area contributed by atoms with E-state index in [0.29, 0.717) is 5.69 Å². The first-order chi connectivity index (χ1) is 27.5. The normalized spacial score (nSPS) is 12.4. The van der Waals surface area contributed by atoms with Crippen LogP contribution in [0.2, 0.25) is 0 Å². The van der Waals surface area contributed by atoms with E-state index in [9.17, 15) is 0 Å². The number of nitrogen functional groups attached to an aromatic ring is 1. The first-order valence-corrected chi connectivity index (χ1v) is 19.0. The van der Waals surface area contributed by atoms with E-state index in [1.807, 2.05) is 31.2 Å². The van der Waals surface area contributed by atoms with Crippen LogP contribution in [0.25, 0.3) is 82.4 Å². The zero-order valence-corrected chi connectivity index (χ0v) is 31.5. The van der Waals surface area contributed by atoms with Crippen molar-refractivity contribution in [3.05, 3.63) is 200 Å². The number of anilines is 1. The molecule has 0 saturated heterocycles. The number of nitrogens with zero attached hydrogens (tertiary/aromatic N) is 1. The molecule has 1 aromatic heterocycles. The molecule has 1 heterocycles. The van der Waals surface area contributed by atoms with Gasteiger partial charge in [0.25, 0.3) is 0 Å². The van der Waals surface area contributed by atoms with Crippen molar-refractivity contribution in [2.24, 2.45) is 4.99 Å². The molecule has 0 unspecified atom stereocenters. The molecule has 0 amide bonds. The van der Waals surface area contributed by atoms with Gasteiger partial charge in [-0.2, -0.15) is 0 Å². The standard InChI is InChI=1S/C53H40N2O/c1-4-17-35(18-5-2)40-30-46(37-21-10-7-11-22-37)52-48(32-40)49-33-41(36-19-8-6-9-20-36)31-47(53(49)56-52)39-24-16-23-38(29-39)34(3)55-51-45-28-15-13-26-43(45)42-25-12-14-27-44(42)50(51)54/h4-33H,1,54H2,2-3H3/b18-5-,35-17+,55-34?. The van der Waals surface area contributed by atoms with Gasteiger partial charge in [-0.3, -0.25) is 4.99 Å². The maximum atomic E-state index is 7.07. The van der Waals surface area contributed by atoms with Crippen LogP contribution in [0.4, 0.5) is 11.4 Å². The van der Waals surface area contributed by atoms with Crippen molar-refractivity contribution in [2.75, 3.05) is 5.73 Å². The summed E-state index contributed by atoms with van der Waals surface area (Å²) in [5, 5.41) is 6.42. The molecule has 0 aliphatic rings. The van der Waals surface area contributed by atoms with Crippen molar-refractivity contribution in [3.8, 4) is 33.4 Å². The van der Waals surface area contributed by atoms with E-state index in [4.69, 9.17) is 15.1 Å². The first kappa shape index (κ1) is 34.5. The Balaban J connectivity index is 1.28. The summed E-state index contributed by atoms with van der Waals surface area (Å²) in [7, 11) is 0. The van der Waals surface area contributed by atoms with Gasteiger partial charge in [0.2, 0.25) is 0 Å². The Kier molecular flexibility index (Phi) is 8.97. The molecule has 0 bridgehead atoms. The molecule has 56 heavy (non-hydrogen) atoms. The second-order valence-corrected chi connectivity index (χ2v) is 14.1. The third kappa shape index (κ3) is 6.10. The topological polar surface area (TPSA) is 51.5 Å². The number of hydrogen-bond acceptors (Lipinski definition) is 3. The van der Waals surface area contributed by atoms with Crippen LogP contribution >= 0.6 is 0 Å². The molecular formula is C53H40N2O. The Bertz CT molecular complexity index is 3050. The monoisotopic (exact) mass is 720 g/mol. The van der Waals surface area contributed by atoms with Gasteiger partial charge in [-0.15, -0.1) is 0 Å². The van der Waals surface area contributed by atoms with Crippen LogP contribution in [0.3, 0.4) is 0 Å². The Labute approximate surface area is 327 Å². The van der Waals surface area contributed by atoms with Gasteiger partial charge in [-0.05, 0) is 93.9 Å². The molecule has 268 valence electrons. The summed E-state index contributed by atoms with van der Waals surface area (Å²) < 4.78 is 7.07. The highest BCUT2D eigenvalue weighted by Crippen LogP contribution is 2.45. The number of rotatable bonds is 8. The Morgan fingerprint density at radius 1 is 0.554 bits per heavy atom. The molecular weight excluding hydrogens is 681 g/mol. The van der Waals surface area contributed by atoms with Crippen molar-refractivity contribution in [1.82, 2.24) is 0 Å². The smallest absolute Gasteiger partial charge is 0.143 e. The van der Waals surface area contributed by atoms with Gasteiger partial charge >= 0.3 is 0 Å². The fourth-order valence-electron chi connectivity index (χ4n) is 7.96. The highest BCUT2D eigenvalue weighted by Gasteiger charge is 2.20. The molecule has 0 aliphatic heterocycles. The van der Waals surface area contributed by atoms with Crippen LogP contribution in [-0.4, -0.2) is 5.71 Å². The lowest BCUT2D eigenvalue weighted by molar-refractivity contribution is 0.671. The van der Waals surface area contributed by atoms with Crippen molar-refractivity contribution < 1.29 is 4.42 Å². The summed E-state index contributed by atoms with van der Waals surface area (Å²) in [4.78, 5) is 5.26. The predicted octanol–water partition coefficient (Wildman–Crippen LogP) is 14.8. The minimum absolute atomic E-state index is 0.684. The number of hydrogen-bond donors (Lipinski definition) is 1. The fourth-order valence-corrected chi connectivity index (χ4v) is 7.96. The number of fused-ring (bicyclic) bond motifs is 6. The van der Waals surface area contributed by atoms with E-state index in [0.717, 1.165) is 105 Å². The summed E-state index contributed by atoms with van der Waals surface area (Å²) in [5.41, 5.74) is 20.6. The van der Waals surface area contributed by atoms with Gasteiger partial charge in [0, 0.05) is 38.4 Å². The van der Waals surface area contributed by atoms with E-state index >= 15 is 0 Å². The quantitative estimate of drug-likeness (QED) is 0.0735. The number of benzene rings is 8. The van der Waals surface area contributed by atoms with E-state index < -0.39 is 0 Å². The number of nitrogens with two attached hydrogens (primary N) is 1. The maximum absolute atomic E-state index is 7.07. The average molecular weight is 721 g/mol. The lowest BCUT2D eigenvalue weighted by Crippen LogP contribution is -1.97. The van der Waals surface area contributed by atoms with E-state index in [-0.39, 0.29) is 0 Å². The van der Waals surface area contributed by atoms with Crippen LogP contribution in [-0.2, 0) is 0 Å². The summed E-state index contributed by atoms with van der Waals surface area (Å²) >= 11 is 0. The molecule has 2 N–H and O–H groups in total. The Morgan fingerprint density at radius 3 is 1.84 bits per heavy atom. The van der Waals surface area contributed by atoms with E-state index in [2.05, 4.69) is 171 Å². The third-order valence-electron chi connectivity index (χ3n) is 10.7. The Hall–Kier alpha value is -7.23. The molecule has 0 spiro atoms. The molecule has 0 radical (unpaired) electrons. The van der Waals surface area contributed by atoms with Crippen LogP contribution in [0.5, 0.6) is 0 Å². The zero-order valence-electron chi connectivity index (χ0n) is 31.5. The average Bonchev–Trinajstić information content (AvgIpc) is 3.63. The molecule has 9 aromatic rings. The molecule has 0 fully saturated rings. The van der Waals surface area contributed by atoms with Crippen molar-refractivity contribution >= 4 is 66.1 Å². The fraction of sp³-hybridized carbons (Fsp3) is 0.0377. The van der Waals surface area contributed by atoms with Crippen LogP contribution in [0.15, 0.2) is 198 Å². The van der Waals surface area contributed by atoms with Gasteiger partial charge < -0.3 is 10.2 Å². The minimum atomic E-state index is 0.684. The van der Waals surface area contributed by atoms with Gasteiger partial charge in [0.1, 0.15) is 11.2 Å².